The summed E-state index contributed by atoms with van der Waals surface area (Å²) in [6, 6.07) is 10.3. The molecule has 0 atom stereocenters. The minimum Gasteiger partial charge on any atom is -0.354 e. The quantitative estimate of drug-likeness (QED) is 0.549. The van der Waals surface area contributed by atoms with E-state index < -0.39 is 0 Å². The maximum absolute atomic E-state index is 12.4. The molecule has 0 bridgehead atoms. The number of rotatable bonds is 5. The minimum atomic E-state index is -0.104. The zero-order valence-electron chi connectivity index (χ0n) is 13.2. The maximum atomic E-state index is 12.4. The van der Waals surface area contributed by atoms with Crippen LogP contribution in [0.2, 0.25) is 10.4 Å². The van der Waals surface area contributed by atoms with Crippen molar-refractivity contribution in [2.75, 3.05) is 6.54 Å². The summed E-state index contributed by atoms with van der Waals surface area (Å²) >= 11 is 11.8. The highest BCUT2D eigenvalue weighted by atomic mass is 35.5. The van der Waals surface area contributed by atoms with E-state index in [2.05, 4.69) is 32.4 Å². The van der Waals surface area contributed by atoms with E-state index in [1.165, 1.54) is 11.9 Å². The molecule has 128 valence electrons. The first kappa shape index (κ1) is 16.3. The Morgan fingerprint density at radius 1 is 1.20 bits per heavy atom. The molecule has 0 saturated heterocycles. The van der Waals surface area contributed by atoms with Crippen LogP contribution in [0.15, 0.2) is 36.7 Å². The molecule has 0 radical (unpaired) electrons. The third kappa shape index (κ3) is 3.19. The van der Waals surface area contributed by atoms with E-state index in [1.54, 1.807) is 4.57 Å². The lowest BCUT2D eigenvalue weighted by Gasteiger charge is -2.16. The Morgan fingerprint density at radius 3 is 2.68 bits per heavy atom. The SMILES string of the molecule is O=C(Cn1cnc2c(Cl)nc(Cl)nc21)NCC1(c2ccccc2)CC1. The number of halogens is 2. The number of nitrogens with zero attached hydrogens (tertiary/aromatic N) is 4. The number of amides is 1. The molecule has 8 heteroatoms. The second-order valence-electron chi connectivity index (χ2n) is 6.25. The fraction of sp³-hybridized carbons (Fsp3) is 0.294. The van der Waals surface area contributed by atoms with Crippen molar-refractivity contribution < 1.29 is 4.79 Å². The third-order valence-corrected chi connectivity index (χ3v) is 5.00. The number of hydrogen-bond donors (Lipinski definition) is 1. The zero-order chi connectivity index (χ0) is 17.4. The number of carbonyl (C=O) groups excluding carboxylic acids is 1. The highest BCUT2D eigenvalue weighted by Gasteiger charge is 2.44. The van der Waals surface area contributed by atoms with Gasteiger partial charge in [0.1, 0.15) is 12.1 Å². The molecule has 1 N–H and O–H groups in total. The summed E-state index contributed by atoms with van der Waals surface area (Å²) in [4.78, 5) is 24.5. The van der Waals surface area contributed by atoms with Gasteiger partial charge in [-0.25, -0.2) is 9.97 Å². The Balaban J connectivity index is 1.45. The van der Waals surface area contributed by atoms with Crippen molar-refractivity contribution >= 4 is 40.3 Å². The van der Waals surface area contributed by atoms with E-state index in [0.29, 0.717) is 17.7 Å². The Hall–Kier alpha value is -2.18. The van der Waals surface area contributed by atoms with Gasteiger partial charge in [0.15, 0.2) is 10.8 Å². The van der Waals surface area contributed by atoms with Crippen LogP contribution in [-0.2, 0) is 16.8 Å². The number of hydrogen-bond acceptors (Lipinski definition) is 4. The summed E-state index contributed by atoms with van der Waals surface area (Å²) < 4.78 is 1.62. The van der Waals surface area contributed by atoms with E-state index >= 15 is 0 Å². The van der Waals surface area contributed by atoms with Crippen LogP contribution in [0.1, 0.15) is 18.4 Å². The number of aromatic nitrogens is 4. The van der Waals surface area contributed by atoms with Crippen LogP contribution < -0.4 is 5.32 Å². The maximum Gasteiger partial charge on any atom is 0.240 e. The second kappa shape index (κ2) is 6.28. The third-order valence-electron chi connectivity index (χ3n) is 4.57. The van der Waals surface area contributed by atoms with Gasteiger partial charge in [-0.05, 0) is 30.0 Å². The molecule has 1 fully saturated rings. The molecule has 1 aliphatic rings. The predicted octanol–water partition coefficient (Wildman–Crippen LogP) is 2.98. The lowest BCUT2D eigenvalue weighted by atomic mass is 9.96. The first-order valence-electron chi connectivity index (χ1n) is 7.93. The molecular formula is C17H15Cl2N5O. The highest BCUT2D eigenvalue weighted by molar-refractivity contribution is 6.35. The van der Waals surface area contributed by atoms with Crippen LogP contribution in [0.25, 0.3) is 11.2 Å². The Kier molecular flexibility index (Phi) is 4.09. The van der Waals surface area contributed by atoms with E-state index in [9.17, 15) is 4.79 Å². The zero-order valence-corrected chi connectivity index (χ0v) is 14.8. The normalized spacial score (nSPS) is 15.3. The molecule has 25 heavy (non-hydrogen) atoms. The average Bonchev–Trinajstić information content (AvgIpc) is 3.30. The number of fused-ring (bicyclic) bond motifs is 1. The molecule has 1 aromatic carbocycles. The summed E-state index contributed by atoms with van der Waals surface area (Å²) in [5, 5.41) is 3.22. The second-order valence-corrected chi connectivity index (χ2v) is 6.95. The van der Waals surface area contributed by atoms with Gasteiger partial charge in [-0.3, -0.25) is 4.79 Å². The van der Waals surface area contributed by atoms with E-state index in [-0.39, 0.29) is 28.3 Å². The van der Waals surface area contributed by atoms with Crippen molar-refractivity contribution in [3.8, 4) is 0 Å². The molecule has 0 unspecified atom stereocenters. The molecule has 1 amide bonds. The van der Waals surface area contributed by atoms with E-state index in [4.69, 9.17) is 23.2 Å². The molecule has 4 rings (SSSR count). The fourth-order valence-corrected chi connectivity index (χ4v) is 3.41. The standard InChI is InChI=1S/C17H15Cl2N5O/c18-14-13-15(23-16(19)22-14)24(10-21-13)8-12(25)20-9-17(6-7-17)11-4-2-1-3-5-11/h1-5,10H,6-9H2,(H,20,25). The van der Waals surface area contributed by atoms with Gasteiger partial charge in [0.25, 0.3) is 0 Å². The van der Waals surface area contributed by atoms with Gasteiger partial charge in [0.05, 0.1) is 6.33 Å². The molecule has 3 aromatic rings. The molecular weight excluding hydrogens is 361 g/mol. The first-order valence-corrected chi connectivity index (χ1v) is 8.69. The van der Waals surface area contributed by atoms with Crippen molar-refractivity contribution in [1.82, 2.24) is 24.8 Å². The van der Waals surface area contributed by atoms with Crippen LogP contribution >= 0.6 is 23.2 Å². The van der Waals surface area contributed by atoms with Crippen molar-refractivity contribution in [3.63, 3.8) is 0 Å². The molecule has 0 spiro atoms. The first-order chi connectivity index (χ1) is 12.1. The Labute approximate surface area is 154 Å². The van der Waals surface area contributed by atoms with Crippen molar-refractivity contribution in [1.29, 1.82) is 0 Å². The van der Waals surface area contributed by atoms with Crippen LogP contribution in [-0.4, -0.2) is 32.0 Å². The van der Waals surface area contributed by atoms with E-state index in [0.717, 1.165) is 12.8 Å². The molecule has 6 nitrogen and oxygen atoms in total. The van der Waals surface area contributed by atoms with Gasteiger partial charge >= 0.3 is 0 Å². The largest absolute Gasteiger partial charge is 0.354 e. The van der Waals surface area contributed by atoms with Gasteiger partial charge in [0, 0.05) is 12.0 Å². The van der Waals surface area contributed by atoms with Crippen LogP contribution in [0.4, 0.5) is 0 Å². The molecule has 1 aliphatic carbocycles. The topological polar surface area (TPSA) is 72.7 Å². The number of nitrogens with one attached hydrogen (secondary N) is 1. The smallest absolute Gasteiger partial charge is 0.240 e. The summed E-state index contributed by atoms with van der Waals surface area (Å²) in [5.41, 5.74) is 2.23. The van der Waals surface area contributed by atoms with Crippen molar-refractivity contribution in [2.45, 2.75) is 24.8 Å². The van der Waals surface area contributed by atoms with Gasteiger partial charge in [-0.1, -0.05) is 41.9 Å². The van der Waals surface area contributed by atoms with Crippen LogP contribution in [0, 0.1) is 0 Å². The van der Waals surface area contributed by atoms with Crippen LogP contribution in [0.5, 0.6) is 0 Å². The fourth-order valence-electron chi connectivity index (χ4n) is 2.99. The Morgan fingerprint density at radius 2 is 1.96 bits per heavy atom. The highest BCUT2D eigenvalue weighted by Crippen LogP contribution is 2.47. The summed E-state index contributed by atoms with van der Waals surface area (Å²) in [7, 11) is 0. The van der Waals surface area contributed by atoms with Crippen LogP contribution in [0.3, 0.4) is 0 Å². The summed E-state index contributed by atoms with van der Waals surface area (Å²) in [6.45, 7) is 0.726. The molecule has 2 heterocycles. The predicted molar refractivity (Wildman–Crippen MR) is 95.7 cm³/mol. The number of imidazole rings is 1. The summed E-state index contributed by atoms with van der Waals surface area (Å²) in [6.07, 6.45) is 3.69. The van der Waals surface area contributed by atoms with E-state index in [1.807, 2.05) is 18.2 Å². The van der Waals surface area contributed by atoms with Gasteiger partial charge in [-0.2, -0.15) is 4.98 Å². The lowest BCUT2D eigenvalue weighted by molar-refractivity contribution is -0.121. The number of benzene rings is 1. The van der Waals surface area contributed by atoms with Crippen molar-refractivity contribution in [2.24, 2.45) is 0 Å². The van der Waals surface area contributed by atoms with Gasteiger partial charge in [-0.15, -0.1) is 0 Å². The average molecular weight is 376 g/mol. The molecule has 0 aliphatic heterocycles. The monoisotopic (exact) mass is 375 g/mol. The minimum absolute atomic E-state index is 0.0284. The number of carbonyl (C=O) groups is 1. The Bertz CT molecular complexity index is 937. The van der Waals surface area contributed by atoms with Crippen molar-refractivity contribution in [3.05, 3.63) is 52.7 Å². The lowest BCUT2D eigenvalue weighted by Crippen LogP contribution is -2.34. The van der Waals surface area contributed by atoms with Gasteiger partial charge in [0.2, 0.25) is 11.2 Å². The van der Waals surface area contributed by atoms with Gasteiger partial charge < -0.3 is 9.88 Å². The molecule has 2 aromatic heterocycles. The molecule has 1 saturated carbocycles. The summed E-state index contributed by atoms with van der Waals surface area (Å²) in [5.74, 6) is -0.104.